The lowest BCUT2D eigenvalue weighted by molar-refractivity contribution is -0.385. The van der Waals surface area contributed by atoms with E-state index in [0.29, 0.717) is 4.47 Å². The van der Waals surface area contributed by atoms with Crippen LogP contribution in [0.1, 0.15) is 45.2 Å². The molecule has 24 heavy (non-hydrogen) atoms. The van der Waals surface area contributed by atoms with E-state index in [1.165, 1.54) is 27.8 Å². The van der Waals surface area contributed by atoms with Crippen molar-refractivity contribution in [2.24, 2.45) is 0 Å². The lowest BCUT2D eigenvalue weighted by atomic mass is 9.61. The van der Waals surface area contributed by atoms with Crippen LogP contribution in [0, 0.1) is 10.1 Å². The van der Waals surface area contributed by atoms with Gasteiger partial charge in [0.05, 0.1) is 9.40 Å². The number of rotatable bonds is 1. The predicted octanol–water partition coefficient (Wildman–Crippen LogP) is 5.34. The van der Waals surface area contributed by atoms with Gasteiger partial charge < -0.3 is 0 Å². The van der Waals surface area contributed by atoms with E-state index in [1.807, 2.05) is 6.07 Å². The van der Waals surface area contributed by atoms with Crippen molar-refractivity contribution in [3.05, 3.63) is 109 Å². The third kappa shape index (κ3) is 1.66. The number of benzene rings is 3. The zero-order valence-electron chi connectivity index (χ0n) is 12.6. The summed E-state index contributed by atoms with van der Waals surface area (Å²) in [5, 5.41) is 11.4. The molecule has 0 aromatic heterocycles. The molecule has 3 nitrogen and oxygen atoms in total. The Bertz CT molecular complexity index is 980. The molecule has 0 amide bonds. The summed E-state index contributed by atoms with van der Waals surface area (Å²) in [6.07, 6.45) is 0. The number of halogens is 1. The Morgan fingerprint density at radius 1 is 0.750 bits per heavy atom. The molecule has 0 saturated heterocycles. The first kappa shape index (κ1) is 13.9. The van der Waals surface area contributed by atoms with Crippen LogP contribution in [0.4, 0.5) is 5.69 Å². The third-order valence-electron chi connectivity index (χ3n) is 5.21. The fourth-order valence-corrected chi connectivity index (χ4v) is 4.82. The van der Waals surface area contributed by atoms with Gasteiger partial charge in [0, 0.05) is 17.9 Å². The lowest BCUT2D eigenvalue weighted by Gasteiger charge is -2.42. The molecule has 116 valence electrons. The second-order valence-corrected chi connectivity index (χ2v) is 7.17. The molecule has 0 N–H and O–H groups in total. The molecule has 0 radical (unpaired) electrons. The SMILES string of the molecule is O=[N+]([O-])c1cc2c(cc1Br)C1c3ccccc3C2c2ccccc21. The van der Waals surface area contributed by atoms with E-state index in [4.69, 9.17) is 0 Å². The van der Waals surface area contributed by atoms with Crippen molar-refractivity contribution in [2.45, 2.75) is 11.8 Å². The fourth-order valence-electron chi connectivity index (χ4n) is 4.31. The molecule has 0 aliphatic heterocycles. The van der Waals surface area contributed by atoms with Gasteiger partial charge in [0.1, 0.15) is 0 Å². The molecule has 0 spiro atoms. The zero-order chi connectivity index (χ0) is 16.4. The van der Waals surface area contributed by atoms with Crippen LogP contribution in [-0.4, -0.2) is 4.92 Å². The summed E-state index contributed by atoms with van der Waals surface area (Å²) in [4.78, 5) is 11.1. The van der Waals surface area contributed by atoms with E-state index >= 15 is 0 Å². The largest absolute Gasteiger partial charge is 0.283 e. The highest BCUT2D eigenvalue weighted by molar-refractivity contribution is 9.10. The van der Waals surface area contributed by atoms with Crippen LogP contribution in [0.15, 0.2) is 65.1 Å². The molecule has 6 rings (SSSR count). The summed E-state index contributed by atoms with van der Waals surface area (Å²) in [7, 11) is 0. The van der Waals surface area contributed by atoms with E-state index in [9.17, 15) is 10.1 Å². The number of nitro groups is 1. The smallest absolute Gasteiger partial charge is 0.258 e. The van der Waals surface area contributed by atoms with Gasteiger partial charge >= 0.3 is 0 Å². The minimum atomic E-state index is -0.315. The first-order chi connectivity index (χ1) is 11.7. The van der Waals surface area contributed by atoms with E-state index < -0.39 is 0 Å². The molecule has 3 aliphatic carbocycles. The van der Waals surface area contributed by atoms with Crippen molar-refractivity contribution in [1.82, 2.24) is 0 Å². The maximum atomic E-state index is 11.4. The molecule has 4 heteroatoms. The van der Waals surface area contributed by atoms with Crippen molar-refractivity contribution in [3.8, 4) is 0 Å². The molecule has 0 fully saturated rings. The van der Waals surface area contributed by atoms with E-state index in [-0.39, 0.29) is 22.4 Å². The molecule has 0 saturated carbocycles. The molecule has 2 bridgehead atoms. The van der Waals surface area contributed by atoms with E-state index in [0.717, 1.165) is 5.56 Å². The minimum Gasteiger partial charge on any atom is -0.258 e. The number of nitrogens with zero attached hydrogens (tertiary/aromatic N) is 1. The summed E-state index contributed by atoms with van der Waals surface area (Å²) >= 11 is 3.39. The highest BCUT2D eigenvalue weighted by Crippen LogP contribution is 2.56. The maximum absolute atomic E-state index is 11.4. The fraction of sp³-hybridized carbons (Fsp3) is 0.100. The quantitative estimate of drug-likeness (QED) is 0.292. The van der Waals surface area contributed by atoms with Gasteiger partial charge in [-0.05, 0) is 55.4 Å². The summed E-state index contributed by atoms with van der Waals surface area (Å²) in [6.45, 7) is 0. The highest BCUT2D eigenvalue weighted by Gasteiger charge is 2.42. The third-order valence-corrected chi connectivity index (χ3v) is 5.84. The van der Waals surface area contributed by atoms with Gasteiger partial charge in [-0.1, -0.05) is 48.5 Å². The molecular weight excluding hydrogens is 366 g/mol. The van der Waals surface area contributed by atoms with Gasteiger partial charge in [0.2, 0.25) is 0 Å². The predicted molar refractivity (Wildman–Crippen MR) is 95.6 cm³/mol. The molecular formula is C20H12BrNO2. The Morgan fingerprint density at radius 2 is 1.17 bits per heavy atom. The van der Waals surface area contributed by atoms with Gasteiger partial charge in [0.15, 0.2) is 0 Å². The summed E-state index contributed by atoms with van der Waals surface area (Å²) in [6, 6.07) is 20.6. The van der Waals surface area contributed by atoms with Crippen LogP contribution in [0.3, 0.4) is 0 Å². The van der Waals surface area contributed by atoms with Crippen LogP contribution in [0.5, 0.6) is 0 Å². The lowest BCUT2D eigenvalue weighted by Crippen LogP contribution is -2.27. The van der Waals surface area contributed by atoms with Crippen molar-refractivity contribution >= 4 is 21.6 Å². The van der Waals surface area contributed by atoms with Gasteiger partial charge in [-0.25, -0.2) is 0 Å². The average molecular weight is 378 g/mol. The van der Waals surface area contributed by atoms with Gasteiger partial charge in [-0.2, -0.15) is 0 Å². The van der Waals surface area contributed by atoms with Crippen molar-refractivity contribution in [3.63, 3.8) is 0 Å². The summed E-state index contributed by atoms with van der Waals surface area (Å²) in [5.41, 5.74) is 7.54. The number of hydrogen-bond acceptors (Lipinski definition) is 2. The van der Waals surface area contributed by atoms with Gasteiger partial charge in [0.25, 0.3) is 5.69 Å². The van der Waals surface area contributed by atoms with Crippen molar-refractivity contribution in [2.75, 3.05) is 0 Å². The molecule has 0 unspecified atom stereocenters. The number of nitro benzene ring substituents is 1. The first-order valence-corrected chi connectivity index (χ1v) is 8.61. The molecule has 3 aromatic carbocycles. The van der Waals surface area contributed by atoms with Crippen LogP contribution < -0.4 is 0 Å². The van der Waals surface area contributed by atoms with Crippen LogP contribution in [-0.2, 0) is 0 Å². The van der Waals surface area contributed by atoms with Gasteiger partial charge in [-0.3, -0.25) is 10.1 Å². The second-order valence-electron chi connectivity index (χ2n) is 6.31. The normalized spacial score (nSPS) is 19.4. The Hall–Kier alpha value is -2.46. The van der Waals surface area contributed by atoms with E-state index in [1.54, 1.807) is 6.07 Å². The van der Waals surface area contributed by atoms with Crippen LogP contribution in [0.2, 0.25) is 0 Å². The Morgan fingerprint density at radius 3 is 1.58 bits per heavy atom. The second kappa shape index (κ2) is 4.77. The molecule has 3 aromatic rings. The Labute approximate surface area is 147 Å². The first-order valence-electron chi connectivity index (χ1n) is 7.82. The molecule has 0 heterocycles. The highest BCUT2D eigenvalue weighted by atomic mass is 79.9. The van der Waals surface area contributed by atoms with E-state index in [2.05, 4.69) is 64.5 Å². The average Bonchev–Trinajstić information content (AvgIpc) is 2.60. The zero-order valence-corrected chi connectivity index (χ0v) is 14.2. The molecule has 3 aliphatic rings. The topological polar surface area (TPSA) is 43.1 Å². The maximum Gasteiger partial charge on any atom is 0.283 e. The number of hydrogen-bond donors (Lipinski definition) is 0. The Kier molecular flexibility index (Phi) is 2.77. The van der Waals surface area contributed by atoms with Gasteiger partial charge in [-0.15, -0.1) is 0 Å². The van der Waals surface area contributed by atoms with Crippen LogP contribution >= 0.6 is 15.9 Å². The van der Waals surface area contributed by atoms with Crippen molar-refractivity contribution < 1.29 is 4.92 Å². The minimum absolute atomic E-state index is 0.0733. The summed E-state index contributed by atoms with van der Waals surface area (Å²) < 4.78 is 0.550. The standard InChI is InChI=1S/C20H12BrNO2/c21-17-9-15-16(10-18(17)22(23)24)20-13-7-3-1-5-11(13)19(15)12-6-2-4-8-14(12)20/h1-10,19-20H. The van der Waals surface area contributed by atoms with Crippen LogP contribution in [0.25, 0.3) is 0 Å². The molecule has 0 atom stereocenters. The summed E-state index contributed by atoms with van der Waals surface area (Å²) in [5.74, 6) is 0.221. The Balaban J connectivity index is 1.88. The van der Waals surface area contributed by atoms with Crippen molar-refractivity contribution in [1.29, 1.82) is 0 Å². The monoisotopic (exact) mass is 377 g/mol.